The highest BCUT2D eigenvalue weighted by Gasteiger charge is 2.24. The minimum Gasteiger partial charge on any atom is -0.507 e. The molecule has 106 valence electrons. The first kappa shape index (κ1) is 13.5. The zero-order valence-corrected chi connectivity index (χ0v) is 12.3. The van der Waals surface area contributed by atoms with Gasteiger partial charge in [0.15, 0.2) is 0 Å². The number of aryl methyl sites for hydroxylation is 1. The number of fused-ring (bicyclic) bond motifs is 1. The first-order chi connectivity index (χ1) is 9.66. The van der Waals surface area contributed by atoms with E-state index in [0.717, 1.165) is 6.42 Å². The Morgan fingerprint density at radius 3 is 2.75 bits per heavy atom. The van der Waals surface area contributed by atoms with Crippen molar-refractivity contribution in [1.29, 1.82) is 0 Å². The fraction of sp³-hybridized carbons (Fsp3) is 0.375. The van der Waals surface area contributed by atoms with E-state index in [1.807, 2.05) is 18.3 Å². The smallest absolute Gasteiger partial charge is 0.124 e. The summed E-state index contributed by atoms with van der Waals surface area (Å²) in [6.07, 6.45) is 3.45. The van der Waals surface area contributed by atoms with Gasteiger partial charge in [0.05, 0.1) is 5.56 Å². The first-order valence-corrected chi connectivity index (χ1v) is 7.88. The molecule has 2 unspecified atom stereocenters. The number of hydrogen-bond donors (Lipinski definition) is 3. The Morgan fingerprint density at radius 2 is 2.00 bits per heavy atom. The van der Waals surface area contributed by atoms with Gasteiger partial charge in [0.25, 0.3) is 0 Å². The molecule has 0 amide bonds. The van der Waals surface area contributed by atoms with E-state index in [1.54, 1.807) is 18.2 Å². The highest BCUT2D eigenvalue weighted by Crippen LogP contribution is 2.37. The van der Waals surface area contributed by atoms with Crippen molar-refractivity contribution in [2.75, 3.05) is 0 Å². The van der Waals surface area contributed by atoms with Gasteiger partial charge in [0, 0.05) is 17.0 Å². The maximum Gasteiger partial charge on any atom is 0.124 e. The zero-order chi connectivity index (χ0) is 14.1. The van der Waals surface area contributed by atoms with E-state index < -0.39 is 0 Å². The third kappa shape index (κ3) is 2.41. The monoisotopic (exact) mass is 289 g/mol. The van der Waals surface area contributed by atoms with Crippen LogP contribution in [0.15, 0.2) is 29.6 Å². The summed E-state index contributed by atoms with van der Waals surface area (Å²) in [5, 5.41) is 25.6. The third-order valence-electron chi connectivity index (χ3n) is 4.00. The maximum absolute atomic E-state index is 9.95. The van der Waals surface area contributed by atoms with Crippen LogP contribution in [-0.2, 0) is 6.42 Å². The molecule has 0 spiro atoms. The molecule has 0 radical (unpaired) electrons. The lowest BCUT2D eigenvalue weighted by molar-refractivity contribution is 0.383. The Morgan fingerprint density at radius 1 is 1.25 bits per heavy atom. The fourth-order valence-corrected chi connectivity index (χ4v) is 4.02. The Kier molecular flexibility index (Phi) is 3.68. The number of hydrogen-bond acceptors (Lipinski definition) is 4. The number of phenolic OH excluding ortho intramolecular Hbond substituents is 2. The standard InChI is InChI=1S/C16H19NO2S/c1-10(16-13(18)5-3-6-14(16)19)17-12-4-2-7-15-11(12)8-9-20-15/h3,5-6,8-10,12,17-19H,2,4,7H2,1H3. The molecule has 1 aromatic heterocycles. The fourth-order valence-electron chi connectivity index (χ4n) is 3.03. The largest absolute Gasteiger partial charge is 0.507 e. The van der Waals surface area contributed by atoms with Crippen molar-refractivity contribution >= 4 is 11.3 Å². The Hall–Kier alpha value is -1.52. The van der Waals surface area contributed by atoms with E-state index in [0.29, 0.717) is 11.6 Å². The van der Waals surface area contributed by atoms with Gasteiger partial charge in [0.1, 0.15) is 11.5 Å². The van der Waals surface area contributed by atoms with Gasteiger partial charge in [-0.3, -0.25) is 0 Å². The van der Waals surface area contributed by atoms with Crippen molar-refractivity contribution < 1.29 is 10.2 Å². The Balaban J connectivity index is 1.83. The number of benzene rings is 1. The van der Waals surface area contributed by atoms with Crippen LogP contribution < -0.4 is 5.32 Å². The van der Waals surface area contributed by atoms with Crippen molar-refractivity contribution in [3.8, 4) is 11.5 Å². The summed E-state index contributed by atoms with van der Waals surface area (Å²) in [6.45, 7) is 1.98. The van der Waals surface area contributed by atoms with Gasteiger partial charge in [-0.2, -0.15) is 0 Å². The average Bonchev–Trinajstić information content (AvgIpc) is 2.88. The number of thiophene rings is 1. The summed E-state index contributed by atoms with van der Waals surface area (Å²) in [5.74, 6) is 0.290. The van der Waals surface area contributed by atoms with Crippen molar-refractivity contribution in [2.45, 2.75) is 38.3 Å². The molecule has 20 heavy (non-hydrogen) atoms. The summed E-state index contributed by atoms with van der Waals surface area (Å²) in [5.41, 5.74) is 1.96. The SMILES string of the molecule is CC(NC1CCCc2sccc21)c1c(O)cccc1O. The lowest BCUT2D eigenvalue weighted by Crippen LogP contribution is -2.27. The summed E-state index contributed by atoms with van der Waals surface area (Å²) in [6, 6.07) is 7.28. The maximum atomic E-state index is 9.95. The molecule has 0 saturated carbocycles. The van der Waals surface area contributed by atoms with Crippen LogP contribution >= 0.6 is 11.3 Å². The van der Waals surface area contributed by atoms with Crippen molar-refractivity contribution in [2.24, 2.45) is 0 Å². The van der Waals surface area contributed by atoms with Crippen LogP contribution in [0.4, 0.5) is 0 Å². The summed E-state index contributed by atoms with van der Waals surface area (Å²) in [4.78, 5) is 1.46. The van der Waals surface area contributed by atoms with Gasteiger partial charge < -0.3 is 15.5 Å². The summed E-state index contributed by atoms with van der Waals surface area (Å²) >= 11 is 1.82. The van der Waals surface area contributed by atoms with Gasteiger partial charge in [-0.15, -0.1) is 11.3 Å². The van der Waals surface area contributed by atoms with E-state index in [2.05, 4.69) is 16.8 Å². The number of phenols is 2. The molecule has 2 atom stereocenters. The molecular formula is C16H19NO2S. The molecule has 3 N–H and O–H groups in total. The van der Waals surface area contributed by atoms with Crippen LogP contribution in [-0.4, -0.2) is 10.2 Å². The van der Waals surface area contributed by atoms with Crippen molar-refractivity contribution in [1.82, 2.24) is 5.32 Å². The molecular weight excluding hydrogens is 270 g/mol. The van der Waals surface area contributed by atoms with Crippen molar-refractivity contribution in [3.05, 3.63) is 45.6 Å². The van der Waals surface area contributed by atoms with Crippen LogP contribution in [0.1, 0.15) is 47.9 Å². The second-order valence-electron chi connectivity index (χ2n) is 5.34. The predicted octanol–water partition coefficient (Wildman–Crippen LogP) is 3.89. The Bertz CT molecular complexity index is 588. The minimum atomic E-state index is -0.0907. The lowest BCUT2D eigenvalue weighted by atomic mass is 9.92. The van der Waals surface area contributed by atoms with Gasteiger partial charge >= 0.3 is 0 Å². The molecule has 1 heterocycles. The Labute approximate surface area is 122 Å². The van der Waals surface area contributed by atoms with Crippen LogP contribution in [0.5, 0.6) is 11.5 Å². The molecule has 0 fully saturated rings. The van der Waals surface area contributed by atoms with Crippen molar-refractivity contribution in [3.63, 3.8) is 0 Å². The highest BCUT2D eigenvalue weighted by molar-refractivity contribution is 7.10. The highest BCUT2D eigenvalue weighted by atomic mass is 32.1. The third-order valence-corrected chi connectivity index (χ3v) is 4.99. The first-order valence-electron chi connectivity index (χ1n) is 7.00. The lowest BCUT2D eigenvalue weighted by Gasteiger charge is -2.28. The van der Waals surface area contributed by atoms with Crippen LogP contribution in [0, 0.1) is 0 Å². The number of aromatic hydroxyl groups is 2. The molecule has 0 aliphatic heterocycles. The quantitative estimate of drug-likeness (QED) is 0.803. The average molecular weight is 289 g/mol. The van der Waals surface area contributed by atoms with Gasteiger partial charge in [-0.05, 0) is 55.3 Å². The van der Waals surface area contributed by atoms with Crippen LogP contribution in [0.25, 0.3) is 0 Å². The second kappa shape index (κ2) is 5.46. The second-order valence-corrected chi connectivity index (χ2v) is 6.34. The summed E-state index contributed by atoms with van der Waals surface area (Å²) in [7, 11) is 0. The van der Waals surface area contributed by atoms with Crippen LogP contribution in [0.3, 0.4) is 0 Å². The predicted molar refractivity (Wildman–Crippen MR) is 81.3 cm³/mol. The molecule has 1 aliphatic carbocycles. The molecule has 2 aromatic rings. The minimum absolute atomic E-state index is 0.0907. The molecule has 3 nitrogen and oxygen atoms in total. The molecule has 1 aliphatic rings. The molecule has 4 heteroatoms. The topological polar surface area (TPSA) is 52.5 Å². The van der Waals surface area contributed by atoms with E-state index in [1.165, 1.54) is 23.3 Å². The molecule has 3 rings (SSSR count). The van der Waals surface area contributed by atoms with E-state index in [9.17, 15) is 10.2 Å². The number of nitrogens with one attached hydrogen (secondary N) is 1. The number of rotatable bonds is 3. The van der Waals surface area contributed by atoms with E-state index in [-0.39, 0.29) is 17.5 Å². The summed E-state index contributed by atoms with van der Waals surface area (Å²) < 4.78 is 0. The molecule has 1 aromatic carbocycles. The van der Waals surface area contributed by atoms with Gasteiger partial charge in [-0.25, -0.2) is 0 Å². The van der Waals surface area contributed by atoms with Gasteiger partial charge in [0.2, 0.25) is 0 Å². The zero-order valence-electron chi connectivity index (χ0n) is 11.5. The van der Waals surface area contributed by atoms with E-state index >= 15 is 0 Å². The van der Waals surface area contributed by atoms with E-state index in [4.69, 9.17) is 0 Å². The molecule has 0 bridgehead atoms. The normalized spacial score (nSPS) is 19.6. The van der Waals surface area contributed by atoms with Crippen LogP contribution in [0.2, 0.25) is 0 Å². The molecule has 0 saturated heterocycles. The van der Waals surface area contributed by atoms with Gasteiger partial charge in [-0.1, -0.05) is 6.07 Å².